The molecule has 24 heavy (non-hydrogen) atoms. The van der Waals surface area contributed by atoms with E-state index in [4.69, 9.17) is 14.2 Å². The van der Waals surface area contributed by atoms with Crippen LogP contribution in [-0.2, 0) is 19.0 Å². The van der Waals surface area contributed by atoms with Crippen molar-refractivity contribution in [1.82, 2.24) is 0 Å². The molecule has 1 aliphatic heterocycles. The van der Waals surface area contributed by atoms with Crippen LogP contribution in [0.4, 0.5) is 0 Å². The van der Waals surface area contributed by atoms with Crippen molar-refractivity contribution in [2.75, 3.05) is 6.61 Å². The Morgan fingerprint density at radius 1 is 1.25 bits per heavy atom. The van der Waals surface area contributed by atoms with Crippen LogP contribution in [0.3, 0.4) is 0 Å². The fourth-order valence-electron chi connectivity index (χ4n) is 3.76. The molecule has 140 valence electrons. The van der Waals surface area contributed by atoms with Gasteiger partial charge in [0.15, 0.2) is 5.79 Å². The quantitative estimate of drug-likeness (QED) is 0.497. The molecule has 1 saturated heterocycles. The molecule has 1 rings (SSSR count). The standard InChI is InChI=1S/C20H36O4/c1-9-17-16(6)18(24-20(7,8)23-17)14(4)11-13(3)12-15(5)19(21)22-10-2/h12-14,16-18H,9-11H2,1-8H3/b15-12+/t13-,14-,16-,17+,18+/m1/s1. The summed E-state index contributed by atoms with van der Waals surface area (Å²) in [6.45, 7) is 16.8. The van der Waals surface area contributed by atoms with Gasteiger partial charge < -0.3 is 14.2 Å². The van der Waals surface area contributed by atoms with Gasteiger partial charge in [0.25, 0.3) is 0 Å². The monoisotopic (exact) mass is 340 g/mol. The Labute approximate surface area is 147 Å². The Morgan fingerprint density at radius 2 is 1.88 bits per heavy atom. The van der Waals surface area contributed by atoms with E-state index in [-0.39, 0.29) is 18.2 Å². The minimum atomic E-state index is -0.536. The van der Waals surface area contributed by atoms with E-state index in [1.54, 1.807) is 0 Å². The zero-order valence-electron chi connectivity index (χ0n) is 16.7. The molecular weight excluding hydrogens is 304 g/mol. The summed E-state index contributed by atoms with van der Waals surface area (Å²) in [6, 6.07) is 0. The Morgan fingerprint density at radius 3 is 2.42 bits per heavy atom. The molecule has 4 nitrogen and oxygen atoms in total. The van der Waals surface area contributed by atoms with Crippen LogP contribution in [0.5, 0.6) is 0 Å². The van der Waals surface area contributed by atoms with Crippen LogP contribution in [0.15, 0.2) is 11.6 Å². The summed E-state index contributed by atoms with van der Waals surface area (Å²) in [5.74, 6) is 0.288. The average molecular weight is 341 g/mol. The van der Waals surface area contributed by atoms with Crippen molar-refractivity contribution in [3.8, 4) is 0 Å². The molecular formula is C20H36O4. The van der Waals surface area contributed by atoms with E-state index in [9.17, 15) is 4.79 Å². The van der Waals surface area contributed by atoms with Crippen molar-refractivity contribution in [3.63, 3.8) is 0 Å². The van der Waals surface area contributed by atoms with E-state index >= 15 is 0 Å². The predicted molar refractivity (Wildman–Crippen MR) is 96.6 cm³/mol. The number of rotatable bonds is 7. The summed E-state index contributed by atoms with van der Waals surface area (Å²) in [6.07, 6.45) is 4.37. The lowest BCUT2D eigenvalue weighted by Gasteiger charge is -2.47. The molecule has 0 unspecified atom stereocenters. The summed E-state index contributed by atoms with van der Waals surface area (Å²) in [5, 5.41) is 0. The summed E-state index contributed by atoms with van der Waals surface area (Å²) < 4.78 is 17.3. The van der Waals surface area contributed by atoms with Crippen molar-refractivity contribution < 1.29 is 19.0 Å². The number of hydrogen-bond acceptors (Lipinski definition) is 4. The van der Waals surface area contributed by atoms with E-state index in [1.807, 2.05) is 33.8 Å². The highest BCUT2D eigenvalue weighted by Gasteiger charge is 2.42. The summed E-state index contributed by atoms with van der Waals surface area (Å²) >= 11 is 0. The van der Waals surface area contributed by atoms with Crippen LogP contribution in [0.2, 0.25) is 0 Å². The molecule has 4 heteroatoms. The van der Waals surface area contributed by atoms with Crippen LogP contribution in [-0.4, -0.2) is 30.6 Å². The van der Waals surface area contributed by atoms with Crippen LogP contribution in [0, 0.1) is 17.8 Å². The molecule has 0 aromatic carbocycles. The highest BCUT2D eigenvalue weighted by molar-refractivity contribution is 5.87. The third-order valence-electron chi connectivity index (χ3n) is 4.80. The molecule has 0 bridgehead atoms. The fourth-order valence-corrected chi connectivity index (χ4v) is 3.76. The number of carbonyl (C=O) groups excluding carboxylic acids is 1. The third kappa shape index (κ3) is 5.89. The Kier molecular flexibility index (Phi) is 7.94. The minimum Gasteiger partial charge on any atom is -0.463 e. The van der Waals surface area contributed by atoms with E-state index in [1.165, 1.54) is 0 Å². The van der Waals surface area contributed by atoms with E-state index in [2.05, 4.69) is 27.7 Å². The van der Waals surface area contributed by atoms with Crippen LogP contribution in [0.25, 0.3) is 0 Å². The smallest absolute Gasteiger partial charge is 0.333 e. The number of hydrogen-bond donors (Lipinski definition) is 0. The van der Waals surface area contributed by atoms with Crippen molar-refractivity contribution in [2.24, 2.45) is 17.8 Å². The number of ether oxygens (including phenoxy) is 3. The first-order valence-electron chi connectivity index (χ1n) is 9.32. The molecule has 0 aromatic heterocycles. The molecule has 1 fully saturated rings. The third-order valence-corrected chi connectivity index (χ3v) is 4.80. The van der Waals surface area contributed by atoms with Gasteiger partial charge in [0, 0.05) is 11.5 Å². The van der Waals surface area contributed by atoms with Gasteiger partial charge in [0.05, 0.1) is 18.8 Å². The zero-order valence-corrected chi connectivity index (χ0v) is 16.7. The first-order valence-corrected chi connectivity index (χ1v) is 9.32. The molecule has 0 aromatic rings. The van der Waals surface area contributed by atoms with Gasteiger partial charge >= 0.3 is 5.97 Å². The molecule has 5 atom stereocenters. The van der Waals surface area contributed by atoms with Gasteiger partial charge in [-0.1, -0.05) is 33.8 Å². The van der Waals surface area contributed by atoms with Crippen molar-refractivity contribution in [2.45, 2.75) is 86.2 Å². The SMILES string of the molecule is CCOC(=O)/C(C)=C/[C@H](C)C[C@@H](C)[C@@H]1OC(C)(C)O[C@@H](CC)[C@H]1C. The summed E-state index contributed by atoms with van der Waals surface area (Å²) in [7, 11) is 0. The van der Waals surface area contributed by atoms with E-state index in [0.717, 1.165) is 12.8 Å². The van der Waals surface area contributed by atoms with Gasteiger partial charge in [-0.2, -0.15) is 0 Å². The Balaban J connectivity index is 2.73. The molecule has 1 heterocycles. The topological polar surface area (TPSA) is 44.8 Å². The van der Waals surface area contributed by atoms with Crippen molar-refractivity contribution >= 4 is 5.97 Å². The highest BCUT2D eigenvalue weighted by Crippen LogP contribution is 2.37. The van der Waals surface area contributed by atoms with Gasteiger partial charge in [-0.05, 0) is 52.4 Å². The van der Waals surface area contributed by atoms with Crippen LogP contribution in [0.1, 0.15) is 68.2 Å². The predicted octanol–water partition coefficient (Wildman–Crippen LogP) is 4.72. The molecule has 0 aliphatic carbocycles. The normalized spacial score (nSPS) is 29.8. The maximum absolute atomic E-state index is 11.8. The average Bonchev–Trinajstić information content (AvgIpc) is 2.48. The second kappa shape index (κ2) is 9.00. The molecule has 0 radical (unpaired) electrons. The van der Waals surface area contributed by atoms with E-state index < -0.39 is 5.79 Å². The zero-order chi connectivity index (χ0) is 18.5. The maximum atomic E-state index is 11.8. The largest absolute Gasteiger partial charge is 0.463 e. The summed E-state index contributed by atoms with van der Waals surface area (Å²) in [4.78, 5) is 11.8. The van der Waals surface area contributed by atoms with Crippen molar-refractivity contribution in [3.05, 3.63) is 11.6 Å². The van der Waals surface area contributed by atoms with Gasteiger partial charge in [0.1, 0.15) is 0 Å². The van der Waals surface area contributed by atoms with Gasteiger partial charge in [-0.25, -0.2) is 4.79 Å². The lowest BCUT2D eigenvalue weighted by molar-refractivity contribution is -0.327. The molecule has 0 amide bonds. The van der Waals surface area contributed by atoms with E-state index in [0.29, 0.717) is 29.9 Å². The lowest BCUT2D eigenvalue weighted by Crippen LogP contribution is -2.52. The second-order valence-corrected chi connectivity index (χ2v) is 7.67. The minimum absolute atomic E-state index is 0.164. The Hall–Kier alpha value is -0.870. The number of allylic oxidation sites excluding steroid dienone is 1. The number of esters is 1. The van der Waals surface area contributed by atoms with Crippen LogP contribution >= 0.6 is 0 Å². The fraction of sp³-hybridized carbons (Fsp3) is 0.850. The highest BCUT2D eigenvalue weighted by atomic mass is 16.7. The molecule has 0 spiro atoms. The van der Waals surface area contributed by atoms with Gasteiger partial charge in [-0.3, -0.25) is 0 Å². The second-order valence-electron chi connectivity index (χ2n) is 7.67. The molecule has 0 saturated carbocycles. The molecule has 0 N–H and O–H groups in total. The Bertz CT molecular complexity index is 441. The van der Waals surface area contributed by atoms with Crippen LogP contribution < -0.4 is 0 Å². The first kappa shape index (κ1) is 21.2. The lowest BCUT2D eigenvalue weighted by atomic mass is 9.82. The summed E-state index contributed by atoms with van der Waals surface area (Å²) in [5.41, 5.74) is 0.684. The van der Waals surface area contributed by atoms with Gasteiger partial charge in [-0.15, -0.1) is 0 Å². The van der Waals surface area contributed by atoms with Gasteiger partial charge in [0.2, 0.25) is 0 Å². The molecule has 1 aliphatic rings. The number of carbonyl (C=O) groups is 1. The van der Waals surface area contributed by atoms with Crippen molar-refractivity contribution in [1.29, 1.82) is 0 Å². The maximum Gasteiger partial charge on any atom is 0.333 e. The first-order chi connectivity index (χ1) is 11.1.